The highest BCUT2D eigenvalue weighted by molar-refractivity contribution is 5.94. The Morgan fingerprint density at radius 1 is 1.44 bits per heavy atom. The second-order valence-corrected chi connectivity index (χ2v) is 7.10. The first kappa shape index (κ1) is 19.0. The van der Waals surface area contributed by atoms with E-state index in [0.29, 0.717) is 31.5 Å². The van der Waals surface area contributed by atoms with Gasteiger partial charge in [-0.2, -0.15) is 5.10 Å². The number of aromatic nitrogens is 2. The van der Waals surface area contributed by atoms with Gasteiger partial charge in [0, 0.05) is 30.8 Å². The molecule has 0 fully saturated rings. The molecule has 2 heterocycles. The summed E-state index contributed by atoms with van der Waals surface area (Å²) in [5, 5.41) is 18.7. The first-order valence-electron chi connectivity index (χ1n) is 8.31. The lowest BCUT2D eigenvalue weighted by Crippen LogP contribution is -2.40. The van der Waals surface area contributed by atoms with Crippen molar-refractivity contribution >= 4 is 12.0 Å². The normalized spacial score (nSPS) is 14.0. The van der Waals surface area contributed by atoms with E-state index in [2.05, 4.69) is 22.1 Å². The van der Waals surface area contributed by atoms with E-state index in [1.54, 1.807) is 4.90 Å². The van der Waals surface area contributed by atoms with E-state index in [0.717, 1.165) is 11.3 Å². The lowest BCUT2D eigenvalue weighted by Gasteiger charge is -2.30. The van der Waals surface area contributed by atoms with Gasteiger partial charge in [0.05, 0.1) is 13.2 Å². The van der Waals surface area contributed by atoms with E-state index in [9.17, 15) is 9.59 Å². The number of aromatic amines is 1. The second-order valence-electron chi connectivity index (χ2n) is 7.10. The van der Waals surface area contributed by atoms with Gasteiger partial charge in [-0.25, -0.2) is 4.79 Å². The van der Waals surface area contributed by atoms with Crippen LogP contribution in [0.1, 0.15) is 48.9 Å². The Labute approximate surface area is 147 Å². The fraction of sp³-hybridized carbons (Fsp3) is 0.588. The van der Waals surface area contributed by atoms with Crippen molar-refractivity contribution in [2.24, 2.45) is 0 Å². The third-order valence-electron chi connectivity index (χ3n) is 3.79. The third kappa shape index (κ3) is 5.06. The minimum Gasteiger partial charge on any atom is -0.444 e. The molecule has 1 aromatic heterocycles. The molecule has 1 aromatic rings. The number of fused-ring (bicyclic) bond motifs is 1. The van der Waals surface area contributed by atoms with Crippen molar-refractivity contribution in [1.29, 1.82) is 0 Å². The molecule has 0 spiro atoms. The van der Waals surface area contributed by atoms with E-state index in [4.69, 9.17) is 9.84 Å². The summed E-state index contributed by atoms with van der Waals surface area (Å²) >= 11 is 0. The molecule has 2 rings (SSSR count). The zero-order chi connectivity index (χ0) is 18.6. The van der Waals surface area contributed by atoms with Gasteiger partial charge in [-0.05, 0) is 27.2 Å². The number of amides is 2. The molecule has 2 amide bonds. The van der Waals surface area contributed by atoms with Gasteiger partial charge < -0.3 is 20.1 Å². The molecule has 8 heteroatoms. The molecule has 25 heavy (non-hydrogen) atoms. The predicted octanol–water partition coefficient (Wildman–Crippen LogP) is 1.37. The van der Waals surface area contributed by atoms with Crippen LogP contribution in [0.5, 0.6) is 0 Å². The van der Waals surface area contributed by atoms with E-state index < -0.39 is 11.7 Å². The van der Waals surface area contributed by atoms with Crippen molar-refractivity contribution in [1.82, 2.24) is 20.4 Å². The van der Waals surface area contributed by atoms with E-state index in [1.165, 1.54) is 0 Å². The van der Waals surface area contributed by atoms with E-state index in [1.807, 2.05) is 20.8 Å². The molecule has 1 aliphatic heterocycles. The van der Waals surface area contributed by atoms with Crippen LogP contribution in [0.25, 0.3) is 0 Å². The summed E-state index contributed by atoms with van der Waals surface area (Å²) in [6.07, 6.45) is 0.694. The Hall–Kier alpha value is -2.35. The van der Waals surface area contributed by atoms with Crippen LogP contribution in [-0.4, -0.2) is 57.5 Å². The summed E-state index contributed by atoms with van der Waals surface area (Å²) in [5.74, 6) is -0.311. The van der Waals surface area contributed by atoms with Gasteiger partial charge in [0.1, 0.15) is 5.60 Å². The number of ether oxygens (including phenoxy) is 1. The van der Waals surface area contributed by atoms with Gasteiger partial charge in [-0.15, -0.1) is 0 Å². The second kappa shape index (κ2) is 7.69. The summed E-state index contributed by atoms with van der Waals surface area (Å²) < 4.78 is 5.40. The van der Waals surface area contributed by atoms with Crippen LogP contribution < -0.4 is 5.32 Å². The zero-order valence-corrected chi connectivity index (χ0v) is 15.0. The lowest BCUT2D eigenvalue weighted by molar-refractivity contribution is 0.0222. The van der Waals surface area contributed by atoms with E-state index >= 15 is 0 Å². The van der Waals surface area contributed by atoms with Crippen molar-refractivity contribution in [2.45, 2.75) is 45.8 Å². The van der Waals surface area contributed by atoms with Crippen molar-refractivity contribution < 1.29 is 19.4 Å². The van der Waals surface area contributed by atoms with Crippen LogP contribution in [0.15, 0.2) is 12.2 Å². The summed E-state index contributed by atoms with van der Waals surface area (Å²) in [7, 11) is 0. The zero-order valence-electron chi connectivity index (χ0n) is 15.0. The minimum absolute atomic E-state index is 0.0987. The van der Waals surface area contributed by atoms with Gasteiger partial charge in [-0.1, -0.05) is 12.2 Å². The van der Waals surface area contributed by atoms with Gasteiger partial charge in [-0.3, -0.25) is 9.89 Å². The summed E-state index contributed by atoms with van der Waals surface area (Å²) in [6, 6.07) is 0. The van der Waals surface area contributed by atoms with Crippen LogP contribution in [0.4, 0.5) is 4.79 Å². The maximum Gasteiger partial charge on any atom is 0.410 e. The molecule has 0 saturated carbocycles. The molecular weight excluding hydrogens is 324 g/mol. The van der Waals surface area contributed by atoms with Crippen LogP contribution in [0.2, 0.25) is 0 Å². The highest BCUT2D eigenvalue weighted by Gasteiger charge is 2.30. The number of H-pyrrole nitrogens is 1. The Kier molecular flexibility index (Phi) is 5.84. The molecule has 0 bridgehead atoms. The van der Waals surface area contributed by atoms with Crippen LogP contribution in [-0.2, 0) is 17.7 Å². The van der Waals surface area contributed by atoms with Crippen molar-refractivity contribution in [3.8, 4) is 0 Å². The fourth-order valence-corrected chi connectivity index (χ4v) is 2.48. The molecule has 1 aliphatic rings. The molecule has 3 N–H and O–H groups in total. The molecule has 0 aromatic carbocycles. The highest BCUT2D eigenvalue weighted by Crippen LogP contribution is 2.22. The molecule has 0 unspecified atom stereocenters. The molecule has 0 aliphatic carbocycles. The SMILES string of the molecule is C=C(CO)CCNC(=O)c1n[nH]c2c1CN(C(=O)OC(C)(C)C)CC2. The molecule has 0 radical (unpaired) electrons. The van der Waals surface area contributed by atoms with E-state index in [-0.39, 0.29) is 24.8 Å². The Balaban J connectivity index is 2.01. The third-order valence-corrected chi connectivity index (χ3v) is 3.79. The van der Waals surface area contributed by atoms with Crippen LogP contribution >= 0.6 is 0 Å². The topological polar surface area (TPSA) is 108 Å². The van der Waals surface area contributed by atoms with Crippen molar-refractivity contribution in [2.75, 3.05) is 19.7 Å². The van der Waals surface area contributed by atoms with Crippen LogP contribution in [0, 0.1) is 0 Å². The fourth-order valence-electron chi connectivity index (χ4n) is 2.48. The van der Waals surface area contributed by atoms with Gasteiger partial charge in [0.15, 0.2) is 5.69 Å². The predicted molar refractivity (Wildman–Crippen MR) is 92.1 cm³/mol. The highest BCUT2D eigenvalue weighted by atomic mass is 16.6. The monoisotopic (exact) mass is 350 g/mol. The number of rotatable bonds is 5. The van der Waals surface area contributed by atoms with Crippen molar-refractivity contribution in [3.05, 3.63) is 29.1 Å². The average Bonchev–Trinajstić information content (AvgIpc) is 2.96. The molecule has 8 nitrogen and oxygen atoms in total. The number of nitrogens with one attached hydrogen (secondary N) is 2. The number of hydrogen-bond acceptors (Lipinski definition) is 5. The number of aliphatic hydroxyl groups is 1. The first-order valence-corrected chi connectivity index (χ1v) is 8.31. The standard InChI is InChI=1S/C17H26N4O4/c1-11(10-22)5-7-18-15(23)14-12-9-21(8-6-13(12)19-20-14)16(24)25-17(2,3)4/h22H,1,5-10H2,2-4H3,(H,18,23)(H,19,20). The average molecular weight is 350 g/mol. The largest absolute Gasteiger partial charge is 0.444 e. The quantitative estimate of drug-likeness (QED) is 0.695. The maximum absolute atomic E-state index is 12.3. The molecular formula is C17H26N4O4. The number of hydrogen-bond donors (Lipinski definition) is 3. The Bertz CT molecular complexity index is 660. The van der Waals surface area contributed by atoms with Gasteiger partial charge in [0.2, 0.25) is 0 Å². The number of carbonyl (C=O) groups excluding carboxylic acids is 2. The molecule has 0 atom stereocenters. The number of aliphatic hydroxyl groups excluding tert-OH is 1. The first-order chi connectivity index (χ1) is 11.7. The Morgan fingerprint density at radius 2 is 2.16 bits per heavy atom. The Morgan fingerprint density at radius 3 is 2.80 bits per heavy atom. The lowest BCUT2D eigenvalue weighted by atomic mass is 10.1. The summed E-state index contributed by atoms with van der Waals surface area (Å²) in [6.45, 7) is 10.2. The number of nitrogens with zero attached hydrogens (tertiary/aromatic N) is 2. The number of carbonyl (C=O) groups is 2. The maximum atomic E-state index is 12.3. The van der Waals surface area contributed by atoms with Crippen molar-refractivity contribution in [3.63, 3.8) is 0 Å². The van der Waals surface area contributed by atoms with Gasteiger partial charge >= 0.3 is 6.09 Å². The molecule has 0 saturated heterocycles. The molecule has 138 valence electrons. The summed E-state index contributed by atoms with van der Waals surface area (Å²) in [4.78, 5) is 26.2. The minimum atomic E-state index is -0.566. The van der Waals surface area contributed by atoms with Crippen LogP contribution in [0.3, 0.4) is 0 Å². The van der Waals surface area contributed by atoms with Gasteiger partial charge in [0.25, 0.3) is 5.91 Å². The summed E-state index contributed by atoms with van der Waals surface area (Å²) in [5.41, 5.74) is 1.96. The smallest absolute Gasteiger partial charge is 0.410 e.